The molecule has 0 saturated carbocycles. The number of hydrogen-bond acceptors (Lipinski definition) is 4. The number of halogens is 2. The van der Waals surface area contributed by atoms with Gasteiger partial charge < -0.3 is 10.1 Å². The van der Waals surface area contributed by atoms with Gasteiger partial charge in [-0.25, -0.2) is 13.6 Å². The number of unbranched alkanes of at least 4 members (excludes halogenated alkanes) is 2. The number of carbonyl (C=O) groups is 2. The lowest BCUT2D eigenvalue weighted by Crippen LogP contribution is -2.42. The van der Waals surface area contributed by atoms with Crippen molar-refractivity contribution in [2.45, 2.75) is 38.1 Å². The van der Waals surface area contributed by atoms with Gasteiger partial charge >= 0.3 is 5.97 Å². The molecule has 0 aromatic heterocycles. The van der Waals surface area contributed by atoms with Crippen LogP contribution in [0.5, 0.6) is 0 Å². The number of esters is 1. The van der Waals surface area contributed by atoms with Gasteiger partial charge in [0.1, 0.15) is 6.04 Å². The van der Waals surface area contributed by atoms with Crippen molar-refractivity contribution in [3.05, 3.63) is 35.4 Å². The molecule has 0 aliphatic heterocycles. The van der Waals surface area contributed by atoms with Gasteiger partial charge in [-0.15, -0.1) is 0 Å². The molecule has 1 aromatic rings. The Labute approximate surface area is 133 Å². The van der Waals surface area contributed by atoms with Crippen LogP contribution in [0.25, 0.3) is 0 Å². The second-order valence-corrected chi connectivity index (χ2v) is 4.97. The highest BCUT2D eigenvalue weighted by molar-refractivity contribution is 5.85. The lowest BCUT2D eigenvalue weighted by molar-refractivity contribution is -0.145. The topological polar surface area (TPSA) is 79.2 Å². The van der Waals surface area contributed by atoms with E-state index < -0.39 is 29.6 Å². The summed E-state index contributed by atoms with van der Waals surface area (Å²) < 4.78 is 30.6. The van der Waals surface area contributed by atoms with Gasteiger partial charge in [-0.1, -0.05) is 6.07 Å². The van der Waals surface area contributed by atoms with Gasteiger partial charge in [0.05, 0.1) is 19.6 Å². The molecule has 0 saturated heterocycles. The molecule has 0 bridgehead atoms. The van der Waals surface area contributed by atoms with Gasteiger partial charge in [0.15, 0.2) is 11.6 Å². The fourth-order valence-corrected chi connectivity index (χ4v) is 2.02. The third-order valence-corrected chi connectivity index (χ3v) is 3.20. The normalized spacial score (nSPS) is 11.4. The number of ether oxygens (including phenoxy) is 1. The molecule has 0 unspecified atom stereocenters. The molecule has 0 spiro atoms. The minimum absolute atomic E-state index is 0.178. The van der Waals surface area contributed by atoms with Crippen molar-refractivity contribution < 1.29 is 23.1 Å². The number of methoxy groups -OCH3 is 1. The molecule has 124 valence electrons. The van der Waals surface area contributed by atoms with E-state index >= 15 is 0 Å². The predicted octanol–water partition coefficient (Wildman–Crippen LogP) is 2.25. The van der Waals surface area contributed by atoms with Crippen LogP contribution in [0.3, 0.4) is 0 Å². The van der Waals surface area contributed by atoms with E-state index in [1.165, 1.54) is 13.2 Å². The molecule has 23 heavy (non-hydrogen) atoms. The second-order valence-electron chi connectivity index (χ2n) is 4.97. The Kier molecular flexibility index (Phi) is 7.67. The molecule has 1 rings (SSSR count). The third kappa shape index (κ3) is 6.43. The van der Waals surface area contributed by atoms with E-state index in [-0.39, 0.29) is 6.42 Å². The molecule has 0 aliphatic rings. The second kappa shape index (κ2) is 9.51. The molecule has 1 N–H and O–H groups in total. The third-order valence-electron chi connectivity index (χ3n) is 3.20. The summed E-state index contributed by atoms with van der Waals surface area (Å²) in [5, 5.41) is 11.0. The van der Waals surface area contributed by atoms with Crippen molar-refractivity contribution in [3.8, 4) is 6.07 Å². The molecule has 7 heteroatoms. The first-order chi connectivity index (χ1) is 11.0. The number of amides is 1. The van der Waals surface area contributed by atoms with Crippen LogP contribution in [0, 0.1) is 23.0 Å². The van der Waals surface area contributed by atoms with Crippen LogP contribution in [-0.2, 0) is 20.7 Å². The van der Waals surface area contributed by atoms with Crippen molar-refractivity contribution in [2.24, 2.45) is 0 Å². The Morgan fingerprint density at radius 2 is 2.04 bits per heavy atom. The maximum absolute atomic E-state index is 13.1. The molecular formula is C16H18F2N2O3. The lowest BCUT2D eigenvalue weighted by Gasteiger charge is -2.16. The van der Waals surface area contributed by atoms with Gasteiger partial charge in [0.25, 0.3) is 0 Å². The molecule has 0 aliphatic carbocycles. The van der Waals surface area contributed by atoms with E-state index in [9.17, 15) is 18.4 Å². The Balaban J connectivity index is 2.59. The summed E-state index contributed by atoms with van der Waals surface area (Å²) in [5.41, 5.74) is 0.300. The number of benzene rings is 1. The monoisotopic (exact) mass is 324 g/mol. The summed E-state index contributed by atoms with van der Waals surface area (Å²) in [6.45, 7) is 0. The molecule has 0 heterocycles. The fraction of sp³-hybridized carbons (Fsp3) is 0.438. The van der Waals surface area contributed by atoms with Crippen molar-refractivity contribution in [1.29, 1.82) is 5.26 Å². The average Bonchev–Trinajstić information content (AvgIpc) is 2.53. The highest BCUT2D eigenvalue weighted by atomic mass is 19.2. The number of nitrogens with zero attached hydrogens (tertiary/aromatic N) is 1. The van der Waals surface area contributed by atoms with Gasteiger partial charge in [0, 0.05) is 6.42 Å². The van der Waals surface area contributed by atoms with E-state index in [2.05, 4.69) is 10.1 Å². The summed E-state index contributed by atoms with van der Waals surface area (Å²) in [5.74, 6) is -3.09. The molecule has 1 atom stereocenters. The largest absolute Gasteiger partial charge is 0.467 e. The van der Waals surface area contributed by atoms with Crippen molar-refractivity contribution in [3.63, 3.8) is 0 Å². The standard InChI is InChI=1S/C16H18F2N2O3/c1-23-16(22)14(5-3-2-4-8-19)20-15(21)10-11-6-7-12(17)13(18)9-11/h6-7,9,14H,2-5,10H2,1H3,(H,20,21)/t14-/m0/s1. The Bertz CT molecular complexity index is 599. The first-order valence-electron chi connectivity index (χ1n) is 7.16. The fourth-order valence-electron chi connectivity index (χ4n) is 2.02. The van der Waals surface area contributed by atoms with Crippen LogP contribution in [0.2, 0.25) is 0 Å². The number of rotatable bonds is 8. The van der Waals surface area contributed by atoms with Gasteiger partial charge in [0.2, 0.25) is 5.91 Å². The highest BCUT2D eigenvalue weighted by Gasteiger charge is 2.21. The Morgan fingerprint density at radius 3 is 2.65 bits per heavy atom. The molecule has 1 amide bonds. The average molecular weight is 324 g/mol. The van der Waals surface area contributed by atoms with Gasteiger partial charge in [-0.2, -0.15) is 5.26 Å². The number of nitriles is 1. The van der Waals surface area contributed by atoms with Crippen molar-refractivity contribution in [2.75, 3.05) is 7.11 Å². The summed E-state index contributed by atoms with van der Waals surface area (Å²) >= 11 is 0. The smallest absolute Gasteiger partial charge is 0.328 e. The maximum Gasteiger partial charge on any atom is 0.328 e. The van der Waals surface area contributed by atoms with Crippen LogP contribution in [-0.4, -0.2) is 25.0 Å². The van der Waals surface area contributed by atoms with E-state index in [0.29, 0.717) is 31.2 Å². The zero-order chi connectivity index (χ0) is 17.2. The lowest BCUT2D eigenvalue weighted by atomic mass is 10.1. The first kappa shape index (κ1) is 18.6. The summed E-state index contributed by atoms with van der Waals surface area (Å²) in [6.07, 6.45) is 1.74. The van der Waals surface area contributed by atoms with Crippen LogP contribution >= 0.6 is 0 Å². The van der Waals surface area contributed by atoms with E-state index in [4.69, 9.17) is 5.26 Å². The number of nitrogens with one attached hydrogen (secondary N) is 1. The zero-order valence-electron chi connectivity index (χ0n) is 12.8. The summed E-state index contributed by atoms with van der Waals surface area (Å²) in [6, 6.07) is 4.36. The Morgan fingerprint density at radius 1 is 1.30 bits per heavy atom. The minimum Gasteiger partial charge on any atom is -0.467 e. The van der Waals surface area contributed by atoms with E-state index in [1.807, 2.05) is 6.07 Å². The maximum atomic E-state index is 13.1. The quantitative estimate of drug-likeness (QED) is 0.587. The molecule has 1 aromatic carbocycles. The molecule has 0 radical (unpaired) electrons. The van der Waals surface area contributed by atoms with Gasteiger partial charge in [-0.3, -0.25) is 4.79 Å². The molecule has 0 fully saturated rings. The zero-order valence-corrected chi connectivity index (χ0v) is 12.8. The number of hydrogen-bond donors (Lipinski definition) is 1. The van der Waals surface area contributed by atoms with E-state index in [1.54, 1.807) is 0 Å². The van der Waals surface area contributed by atoms with E-state index in [0.717, 1.165) is 12.1 Å². The SMILES string of the molecule is COC(=O)[C@H](CCCCC#N)NC(=O)Cc1ccc(F)c(F)c1. The van der Waals surface area contributed by atoms with Crippen molar-refractivity contribution >= 4 is 11.9 Å². The first-order valence-corrected chi connectivity index (χ1v) is 7.16. The molecule has 5 nitrogen and oxygen atoms in total. The summed E-state index contributed by atoms with van der Waals surface area (Å²) in [4.78, 5) is 23.6. The van der Waals surface area contributed by atoms with Crippen LogP contribution < -0.4 is 5.32 Å². The molecular weight excluding hydrogens is 306 g/mol. The Hall–Kier alpha value is -2.49. The predicted molar refractivity (Wildman–Crippen MR) is 78.1 cm³/mol. The van der Waals surface area contributed by atoms with Crippen LogP contribution in [0.15, 0.2) is 18.2 Å². The van der Waals surface area contributed by atoms with Gasteiger partial charge in [-0.05, 0) is 37.0 Å². The van der Waals surface area contributed by atoms with Crippen molar-refractivity contribution in [1.82, 2.24) is 5.32 Å². The minimum atomic E-state index is -1.03. The van der Waals surface area contributed by atoms with Crippen LogP contribution in [0.1, 0.15) is 31.2 Å². The highest BCUT2D eigenvalue weighted by Crippen LogP contribution is 2.10. The number of carbonyl (C=O) groups excluding carboxylic acids is 2. The summed E-state index contributed by atoms with van der Waals surface area (Å²) in [7, 11) is 1.21. The van der Waals surface area contributed by atoms with Crippen LogP contribution in [0.4, 0.5) is 8.78 Å².